The molecular weight excluding hydrogens is 432 g/mol. The number of rotatable bonds is 12. The zero-order valence-electron chi connectivity index (χ0n) is 18.4. The number of hydrogen-bond donors (Lipinski definition) is 1. The van der Waals surface area contributed by atoms with Gasteiger partial charge in [-0.05, 0) is 42.7 Å². The molecule has 2 amide bonds. The van der Waals surface area contributed by atoms with E-state index in [9.17, 15) is 9.59 Å². The van der Waals surface area contributed by atoms with E-state index in [0.29, 0.717) is 23.9 Å². The van der Waals surface area contributed by atoms with Gasteiger partial charge in [0.1, 0.15) is 11.8 Å². The minimum absolute atomic E-state index is 0.0852. The van der Waals surface area contributed by atoms with Gasteiger partial charge in [-0.15, -0.1) is 11.8 Å². The van der Waals surface area contributed by atoms with E-state index >= 15 is 0 Å². The first-order valence-electron chi connectivity index (χ1n) is 10.5. The maximum Gasteiger partial charge on any atom is 0.242 e. The minimum Gasteiger partial charge on any atom is -0.497 e. The molecule has 7 heteroatoms. The molecule has 168 valence electrons. The quantitative estimate of drug-likeness (QED) is 0.455. The van der Waals surface area contributed by atoms with Crippen LogP contribution in [-0.2, 0) is 21.9 Å². The molecule has 31 heavy (non-hydrogen) atoms. The van der Waals surface area contributed by atoms with Crippen LogP contribution in [-0.4, -0.2) is 42.2 Å². The highest BCUT2D eigenvalue weighted by atomic mass is 35.5. The van der Waals surface area contributed by atoms with Crippen LogP contribution in [0.3, 0.4) is 0 Å². The Kier molecular flexibility index (Phi) is 10.7. The Morgan fingerprint density at radius 3 is 2.68 bits per heavy atom. The van der Waals surface area contributed by atoms with Gasteiger partial charge in [0, 0.05) is 23.9 Å². The number of benzene rings is 2. The Hall–Kier alpha value is -2.18. The van der Waals surface area contributed by atoms with Gasteiger partial charge in [0.25, 0.3) is 0 Å². The van der Waals surface area contributed by atoms with Crippen LogP contribution in [0.25, 0.3) is 0 Å². The number of nitrogens with zero attached hydrogens (tertiary/aromatic N) is 1. The van der Waals surface area contributed by atoms with Crippen molar-refractivity contribution in [2.75, 3.05) is 19.4 Å². The third-order valence-electron chi connectivity index (χ3n) is 4.92. The van der Waals surface area contributed by atoms with E-state index in [1.54, 1.807) is 18.9 Å². The molecule has 0 saturated carbocycles. The Bertz CT molecular complexity index is 862. The van der Waals surface area contributed by atoms with Gasteiger partial charge in [-0.1, -0.05) is 55.3 Å². The summed E-state index contributed by atoms with van der Waals surface area (Å²) in [5.74, 6) is 1.40. The van der Waals surface area contributed by atoms with Crippen LogP contribution >= 0.6 is 23.4 Å². The molecule has 0 saturated heterocycles. The average molecular weight is 463 g/mol. The molecule has 0 aliphatic heterocycles. The molecule has 0 aliphatic rings. The summed E-state index contributed by atoms with van der Waals surface area (Å²) in [4.78, 5) is 27.4. The largest absolute Gasteiger partial charge is 0.497 e. The number of ether oxygens (including phenoxy) is 1. The fourth-order valence-corrected chi connectivity index (χ4v) is 4.23. The summed E-state index contributed by atoms with van der Waals surface area (Å²) in [7, 11) is 1.61. The fraction of sp³-hybridized carbons (Fsp3) is 0.417. The van der Waals surface area contributed by atoms with Crippen LogP contribution in [0, 0.1) is 0 Å². The minimum atomic E-state index is -0.573. The van der Waals surface area contributed by atoms with E-state index in [1.807, 2.05) is 48.5 Å². The second-order valence-electron chi connectivity index (χ2n) is 7.28. The maximum absolute atomic E-state index is 13.1. The first kappa shape index (κ1) is 25.1. The van der Waals surface area contributed by atoms with Gasteiger partial charge in [-0.3, -0.25) is 9.59 Å². The Morgan fingerprint density at radius 2 is 1.97 bits per heavy atom. The normalized spacial score (nSPS) is 11.6. The van der Waals surface area contributed by atoms with Crippen LogP contribution in [0.4, 0.5) is 0 Å². The lowest BCUT2D eigenvalue weighted by Crippen LogP contribution is -2.48. The van der Waals surface area contributed by atoms with Crippen molar-refractivity contribution >= 4 is 35.2 Å². The molecule has 2 aromatic rings. The monoisotopic (exact) mass is 462 g/mol. The zero-order chi connectivity index (χ0) is 22.6. The number of methoxy groups -OCH3 is 1. The van der Waals surface area contributed by atoms with Crippen molar-refractivity contribution in [3.63, 3.8) is 0 Å². The Morgan fingerprint density at radius 1 is 1.19 bits per heavy atom. The zero-order valence-corrected chi connectivity index (χ0v) is 20.0. The van der Waals surface area contributed by atoms with Crippen LogP contribution in [0.1, 0.15) is 37.8 Å². The van der Waals surface area contributed by atoms with Crippen molar-refractivity contribution in [2.24, 2.45) is 0 Å². The number of nitrogens with one attached hydrogen (secondary N) is 1. The first-order valence-corrected chi connectivity index (χ1v) is 12.0. The molecule has 1 N–H and O–H groups in total. The van der Waals surface area contributed by atoms with Gasteiger partial charge in [-0.25, -0.2) is 0 Å². The average Bonchev–Trinajstić information content (AvgIpc) is 2.78. The number of carbonyl (C=O) groups excluding carboxylic acids is 2. The van der Waals surface area contributed by atoms with Gasteiger partial charge >= 0.3 is 0 Å². The molecule has 0 spiro atoms. The predicted molar refractivity (Wildman–Crippen MR) is 129 cm³/mol. The Balaban J connectivity index is 2.08. The molecule has 0 aromatic heterocycles. The standard InChI is InChI=1S/C24H31ClN2O3S/c1-4-5-13-26-24(29)18(2)27(15-19-9-8-11-21(14-19)30-3)23(28)17-31-16-20-10-6-7-12-22(20)25/h6-12,14,18H,4-5,13,15-17H2,1-3H3,(H,26,29)/t18-/m0/s1. The summed E-state index contributed by atoms with van der Waals surface area (Å²) in [5.41, 5.74) is 1.91. The van der Waals surface area contributed by atoms with Gasteiger partial charge < -0.3 is 15.0 Å². The van der Waals surface area contributed by atoms with Crippen molar-refractivity contribution in [1.29, 1.82) is 0 Å². The molecule has 0 fully saturated rings. The van der Waals surface area contributed by atoms with E-state index in [2.05, 4.69) is 12.2 Å². The van der Waals surface area contributed by atoms with Crippen LogP contribution in [0.15, 0.2) is 48.5 Å². The second-order valence-corrected chi connectivity index (χ2v) is 8.67. The van der Waals surface area contributed by atoms with E-state index in [-0.39, 0.29) is 17.6 Å². The molecule has 2 rings (SSSR count). The third kappa shape index (κ3) is 8.11. The summed E-state index contributed by atoms with van der Waals surface area (Å²) in [6.45, 7) is 4.80. The van der Waals surface area contributed by atoms with Crippen molar-refractivity contribution in [2.45, 2.75) is 45.0 Å². The molecule has 0 bridgehead atoms. The van der Waals surface area contributed by atoms with Crippen LogP contribution in [0.5, 0.6) is 5.75 Å². The van der Waals surface area contributed by atoms with Crippen molar-refractivity contribution in [3.8, 4) is 5.75 Å². The molecule has 0 aliphatic carbocycles. The molecule has 1 atom stereocenters. The summed E-state index contributed by atoms with van der Waals surface area (Å²) in [6.07, 6.45) is 1.91. The lowest BCUT2D eigenvalue weighted by Gasteiger charge is -2.29. The van der Waals surface area contributed by atoms with Gasteiger partial charge in [-0.2, -0.15) is 0 Å². The molecule has 0 unspecified atom stereocenters. The van der Waals surface area contributed by atoms with E-state index in [1.165, 1.54) is 11.8 Å². The van der Waals surface area contributed by atoms with E-state index < -0.39 is 6.04 Å². The van der Waals surface area contributed by atoms with E-state index in [0.717, 1.165) is 29.7 Å². The van der Waals surface area contributed by atoms with Crippen molar-refractivity contribution in [3.05, 3.63) is 64.7 Å². The number of unbranched alkanes of at least 4 members (excludes halogenated alkanes) is 1. The molecule has 2 aromatic carbocycles. The van der Waals surface area contributed by atoms with Crippen LogP contribution in [0.2, 0.25) is 5.02 Å². The molecular formula is C24H31ClN2O3S. The van der Waals surface area contributed by atoms with Crippen LogP contribution < -0.4 is 10.1 Å². The number of hydrogen-bond acceptors (Lipinski definition) is 4. The van der Waals surface area contributed by atoms with Crippen molar-refractivity contribution in [1.82, 2.24) is 10.2 Å². The second kappa shape index (κ2) is 13.3. The lowest BCUT2D eigenvalue weighted by molar-refractivity contribution is -0.138. The predicted octanol–water partition coefficient (Wildman–Crippen LogP) is 4.92. The SMILES string of the molecule is CCCCNC(=O)[C@H](C)N(Cc1cccc(OC)c1)C(=O)CSCc1ccccc1Cl. The third-order valence-corrected chi connectivity index (χ3v) is 6.26. The highest BCUT2D eigenvalue weighted by molar-refractivity contribution is 7.99. The fourth-order valence-electron chi connectivity index (χ4n) is 3.03. The molecule has 0 heterocycles. The van der Waals surface area contributed by atoms with Gasteiger partial charge in [0.2, 0.25) is 11.8 Å². The maximum atomic E-state index is 13.1. The van der Waals surface area contributed by atoms with Gasteiger partial charge in [0.05, 0.1) is 12.9 Å². The Labute approximate surface area is 194 Å². The highest BCUT2D eigenvalue weighted by Crippen LogP contribution is 2.22. The summed E-state index contributed by atoms with van der Waals surface area (Å²) in [6, 6.07) is 14.6. The summed E-state index contributed by atoms with van der Waals surface area (Å²) < 4.78 is 5.30. The van der Waals surface area contributed by atoms with Crippen molar-refractivity contribution < 1.29 is 14.3 Å². The number of thioether (sulfide) groups is 1. The highest BCUT2D eigenvalue weighted by Gasteiger charge is 2.26. The summed E-state index contributed by atoms with van der Waals surface area (Å²) in [5, 5.41) is 3.63. The van der Waals surface area contributed by atoms with Gasteiger partial charge in [0.15, 0.2) is 0 Å². The number of carbonyl (C=O) groups is 2. The lowest BCUT2D eigenvalue weighted by atomic mass is 10.1. The molecule has 5 nitrogen and oxygen atoms in total. The number of amides is 2. The number of halogens is 1. The first-order chi connectivity index (χ1) is 15.0. The molecule has 0 radical (unpaired) electrons. The summed E-state index contributed by atoms with van der Waals surface area (Å²) >= 11 is 7.71. The van der Waals surface area contributed by atoms with E-state index in [4.69, 9.17) is 16.3 Å². The topological polar surface area (TPSA) is 58.6 Å². The smallest absolute Gasteiger partial charge is 0.242 e.